The first kappa shape index (κ1) is 14.9. The van der Waals surface area contributed by atoms with Gasteiger partial charge in [0.05, 0.1) is 18.8 Å². The molecule has 92 valence electrons. The van der Waals surface area contributed by atoms with Crippen LogP contribution in [0.4, 0.5) is 0 Å². The fourth-order valence-corrected chi connectivity index (χ4v) is 1.98. The number of aliphatic imine (C=N–C) groups is 1. The summed E-state index contributed by atoms with van der Waals surface area (Å²) in [4.78, 5) is 4.10. The van der Waals surface area contributed by atoms with E-state index in [1.54, 1.807) is 14.2 Å². The van der Waals surface area contributed by atoms with Gasteiger partial charge in [-0.2, -0.15) is 0 Å². The monoisotopic (exact) mass is 223 g/mol. The Morgan fingerprint density at radius 3 is 2.50 bits per heavy atom. The van der Waals surface area contributed by atoms with Crippen molar-refractivity contribution in [3.8, 4) is 0 Å². The Balaban J connectivity index is 4.49. The first-order chi connectivity index (χ1) is 7.56. The number of hydrogen-bond donors (Lipinski definition) is 0. The summed E-state index contributed by atoms with van der Waals surface area (Å²) in [6.45, 7) is 10.4. The largest absolute Gasteiger partial charge is 0.501 e. The number of nitrogens with zero attached hydrogens (tertiary/aromatic N) is 1. The Hall–Kier alpha value is -1.05. The average Bonchev–Trinajstić information content (AvgIpc) is 2.24. The minimum absolute atomic E-state index is 0.211. The normalized spacial score (nSPS) is 17.6. The highest BCUT2D eigenvalue weighted by Crippen LogP contribution is 2.25. The molecule has 0 aromatic rings. The molecule has 0 heterocycles. The second kappa shape index (κ2) is 8.14. The lowest BCUT2D eigenvalue weighted by Crippen LogP contribution is -2.18. The van der Waals surface area contributed by atoms with Gasteiger partial charge in [-0.05, 0) is 25.2 Å². The summed E-state index contributed by atoms with van der Waals surface area (Å²) in [5, 5.41) is 0. The highest BCUT2D eigenvalue weighted by atomic mass is 16.5. The third-order valence-electron chi connectivity index (χ3n) is 2.82. The van der Waals surface area contributed by atoms with E-state index in [1.165, 1.54) is 0 Å². The van der Waals surface area contributed by atoms with Crippen LogP contribution >= 0.6 is 0 Å². The average molecular weight is 223 g/mol. The van der Waals surface area contributed by atoms with Crippen LogP contribution in [-0.2, 0) is 4.74 Å². The Morgan fingerprint density at radius 1 is 1.44 bits per heavy atom. The van der Waals surface area contributed by atoms with Crippen LogP contribution in [0.25, 0.3) is 0 Å². The van der Waals surface area contributed by atoms with Crippen LogP contribution in [0.15, 0.2) is 29.5 Å². The molecule has 0 saturated carbocycles. The van der Waals surface area contributed by atoms with Crippen molar-refractivity contribution in [2.45, 2.75) is 27.2 Å². The first-order valence-corrected chi connectivity index (χ1v) is 5.84. The summed E-state index contributed by atoms with van der Waals surface area (Å²) in [5.74, 6) is 2.08. The maximum atomic E-state index is 5.22. The molecule has 0 bridgehead atoms. The Morgan fingerprint density at radius 2 is 2.06 bits per heavy atom. The third-order valence-corrected chi connectivity index (χ3v) is 2.82. The Labute approximate surface area is 100 Å². The van der Waals surface area contributed by atoms with Crippen molar-refractivity contribution in [1.82, 2.24) is 0 Å². The topological polar surface area (TPSA) is 21.6 Å². The standard InChI is InChI=1S/C14H25NO/c1-7-8-11(2)9-12(3)14(10-15-5)13(4)16-6/h7-8,10-12,14H,4,9H2,1-3,5-6H3/b8-7-,15-10?/t11-,12-,14?/m1/s1. The molecule has 0 aromatic carbocycles. The SMILES string of the molecule is C=C(OC)C(C=NC)[C@H](C)C[C@H](C)/C=C\C. The molecule has 0 rings (SSSR count). The van der Waals surface area contributed by atoms with Gasteiger partial charge in [0.1, 0.15) is 0 Å². The van der Waals surface area contributed by atoms with Crippen molar-refractivity contribution in [1.29, 1.82) is 0 Å². The molecule has 0 saturated heterocycles. The molecule has 1 unspecified atom stereocenters. The van der Waals surface area contributed by atoms with E-state index < -0.39 is 0 Å². The number of rotatable bonds is 7. The van der Waals surface area contributed by atoms with E-state index in [-0.39, 0.29) is 5.92 Å². The van der Waals surface area contributed by atoms with Crippen LogP contribution in [0, 0.1) is 17.8 Å². The molecule has 2 heteroatoms. The van der Waals surface area contributed by atoms with Gasteiger partial charge in [0.25, 0.3) is 0 Å². The zero-order valence-corrected chi connectivity index (χ0v) is 11.2. The fraction of sp³-hybridized carbons (Fsp3) is 0.643. The van der Waals surface area contributed by atoms with Crippen molar-refractivity contribution >= 4 is 6.21 Å². The summed E-state index contributed by atoms with van der Waals surface area (Å²) < 4.78 is 5.22. The molecule has 16 heavy (non-hydrogen) atoms. The molecule has 0 fully saturated rings. The van der Waals surface area contributed by atoms with Crippen LogP contribution < -0.4 is 0 Å². The van der Waals surface area contributed by atoms with Gasteiger partial charge < -0.3 is 9.73 Å². The second-order valence-electron chi connectivity index (χ2n) is 4.32. The van der Waals surface area contributed by atoms with Crippen LogP contribution in [0.1, 0.15) is 27.2 Å². The fourth-order valence-electron chi connectivity index (χ4n) is 1.98. The molecular weight excluding hydrogens is 198 g/mol. The third kappa shape index (κ3) is 5.15. The minimum atomic E-state index is 0.211. The number of hydrogen-bond acceptors (Lipinski definition) is 2. The van der Waals surface area contributed by atoms with Gasteiger partial charge in [0.2, 0.25) is 0 Å². The molecule has 0 aliphatic carbocycles. The zero-order valence-electron chi connectivity index (χ0n) is 11.2. The van der Waals surface area contributed by atoms with E-state index in [9.17, 15) is 0 Å². The highest BCUT2D eigenvalue weighted by Gasteiger charge is 2.20. The highest BCUT2D eigenvalue weighted by molar-refractivity contribution is 5.64. The smallest absolute Gasteiger partial charge is 0.0970 e. The van der Waals surface area contributed by atoms with Crippen LogP contribution in [0.2, 0.25) is 0 Å². The lowest BCUT2D eigenvalue weighted by Gasteiger charge is -2.23. The maximum absolute atomic E-state index is 5.22. The molecule has 0 amide bonds. The van der Waals surface area contributed by atoms with E-state index in [2.05, 4.69) is 44.5 Å². The zero-order chi connectivity index (χ0) is 12.6. The maximum Gasteiger partial charge on any atom is 0.0970 e. The predicted octanol–water partition coefficient (Wildman–Crippen LogP) is 3.70. The summed E-state index contributed by atoms with van der Waals surface area (Å²) in [7, 11) is 3.46. The van der Waals surface area contributed by atoms with Gasteiger partial charge >= 0.3 is 0 Å². The van der Waals surface area contributed by atoms with E-state index in [0.29, 0.717) is 11.8 Å². The molecule has 0 radical (unpaired) electrons. The lowest BCUT2D eigenvalue weighted by molar-refractivity contribution is 0.235. The van der Waals surface area contributed by atoms with E-state index in [1.807, 2.05) is 6.21 Å². The van der Waals surface area contributed by atoms with Gasteiger partial charge in [-0.1, -0.05) is 32.6 Å². The second-order valence-corrected chi connectivity index (χ2v) is 4.32. The van der Waals surface area contributed by atoms with Gasteiger partial charge in [0, 0.05) is 13.3 Å². The van der Waals surface area contributed by atoms with Crippen LogP contribution in [-0.4, -0.2) is 20.4 Å². The number of ether oxygens (including phenoxy) is 1. The van der Waals surface area contributed by atoms with Crippen LogP contribution in [0.3, 0.4) is 0 Å². The van der Waals surface area contributed by atoms with E-state index in [4.69, 9.17) is 4.74 Å². The van der Waals surface area contributed by atoms with Crippen molar-refractivity contribution in [3.63, 3.8) is 0 Å². The van der Waals surface area contributed by atoms with E-state index in [0.717, 1.165) is 12.2 Å². The van der Waals surface area contributed by atoms with Gasteiger partial charge in [-0.3, -0.25) is 0 Å². The predicted molar refractivity (Wildman–Crippen MR) is 71.8 cm³/mol. The van der Waals surface area contributed by atoms with Crippen molar-refractivity contribution in [3.05, 3.63) is 24.5 Å². The molecule has 0 aliphatic rings. The van der Waals surface area contributed by atoms with Crippen molar-refractivity contribution in [2.75, 3.05) is 14.2 Å². The molecule has 0 aromatic heterocycles. The van der Waals surface area contributed by atoms with Gasteiger partial charge in [0.15, 0.2) is 0 Å². The number of methoxy groups -OCH3 is 1. The summed E-state index contributed by atoms with van der Waals surface area (Å²) >= 11 is 0. The molecule has 0 aliphatic heterocycles. The molecule has 0 spiro atoms. The quantitative estimate of drug-likeness (QED) is 0.366. The van der Waals surface area contributed by atoms with Gasteiger partial charge in [-0.15, -0.1) is 0 Å². The first-order valence-electron chi connectivity index (χ1n) is 5.84. The van der Waals surface area contributed by atoms with Gasteiger partial charge in [-0.25, -0.2) is 0 Å². The summed E-state index contributed by atoms with van der Waals surface area (Å²) in [5.41, 5.74) is 0. The molecule has 2 nitrogen and oxygen atoms in total. The Kier molecular flexibility index (Phi) is 7.61. The van der Waals surface area contributed by atoms with Crippen molar-refractivity contribution in [2.24, 2.45) is 22.7 Å². The molecular formula is C14H25NO. The Bertz CT molecular complexity index is 255. The number of allylic oxidation sites excluding steroid dienone is 3. The lowest BCUT2D eigenvalue weighted by atomic mass is 9.86. The van der Waals surface area contributed by atoms with Crippen LogP contribution in [0.5, 0.6) is 0 Å². The van der Waals surface area contributed by atoms with Crippen molar-refractivity contribution < 1.29 is 4.74 Å². The molecule has 3 atom stereocenters. The summed E-state index contributed by atoms with van der Waals surface area (Å²) in [6, 6.07) is 0. The minimum Gasteiger partial charge on any atom is -0.501 e. The summed E-state index contributed by atoms with van der Waals surface area (Å²) in [6.07, 6.45) is 7.37. The molecule has 0 N–H and O–H groups in total. The van der Waals surface area contributed by atoms with E-state index >= 15 is 0 Å².